The maximum absolute atomic E-state index is 12.7. The zero-order valence-corrected chi connectivity index (χ0v) is 10.1. The summed E-state index contributed by atoms with van der Waals surface area (Å²) in [6.07, 6.45) is -1.51. The van der Waals surface area contributed by atoms with Crippen LogP contribution in [0.3, 0.4) is 0 Å². The van der Waals surface area contributed by atoms with E-state index in [2.05, 4.69) is 15.0 Å². The van der Waals surface area contributed by atoms with Gasteiger partial charge in [-0.2, -0.15) is 13.2 Å². The van der Waals surface area contributed by atoms with Crippen LogP contribution in [0.1, 0.15) is 5.56 Å². The lowest BCUT2D eigenvalue weighted by molar-refractivity contribution is -0.137. The van der Waals surface area contributed by atoms with Gasteiger partial charge in [-0.15, -0.1) is 0 Å². The minimum absolute atomic E-state index is 0.226. The fourth-order valence-electron chi connectivity index (χ4n) is 2.08. The highest BCUT2D eigenvalue weighted by Crippen LogP contribution is 2.35. The van der Waals surface area contributed by atoms with Crippen molar-refractivity contribution in [1.82, 2.24) is 15.0 Å². The predicted molar refractivity (Wildman–Crippen MR) is 68.7 cm³/mol. The van der Waals surface area contributed by atoms with Crippen LogP contribution in [0, 0.1) is 0 Å². The standard InChI is InChI=1S/C13H9F3N4/c14-13(15,16)8-3-1-2-7(4-8)9-5-18-12-10(9)11(17)19-6-20-12/h1-6H,(H3,17,18,19,20). The second-order valence-electron chi connectivity index (χ2n) is 4.26. The number of nitrogens with two attached hydrogens (primary N) is 1. The summed E-state index contributed by atoms with van der Waals surface area (Å²) in [4.78, 5) is 10.7. The summed E-state index contributed by atoms with van der Waals surface area (Å²) in [6, 6.07) is 5.05. The van der Waals surface area contributed by atoms with Crippen LogP contribution in [0.5, 0.6) is 0 Å². The molecule has 0 saturated carbocycles. The van der Waals surface area contributed by atoms with E-state index in [0.29, 0.717) is 22.2 Å². The molecule has 3 aromatic rings. The van der Waals surface area contributed by atoms with Gasteiger partial charge in [-0.1, -0.05) is 12.1 Å². The Morgan fingerprint density at radius 3 is 2.70 bits per heavy atom. The SMILES string of the molecule is Nc1ncnc2[nH]cc(-c3cccc(C(F)(F)F)c3)c12. The van der Waals surface area contributed by atoms with Crippen LogP contribution in [0.4, 0.5) is 19.0 Å². The Morgan fingerprint density at radius 2 is 1.95 bits per heavy atom. The van der Waals surface area contributed by atoms with Crippen LogP contribution in [-0.4, -0.2) is 15.0 Å². The summed E-state index contributed by atoms with van der Waals surface area (Å²) < 4.78 is 38.2. The summed E-state index contributed by atoms with van der Waals surface area (Å²) >= 11 is 0. The Hall–Kier alpha value is -2.57. The summed E-state index contributed by atoms with van der Waals surface area (Å²) in [7, 11) is 0. The molecule has 102 valence electrons. The molecule has 4 nitrogen and oxygen atoms in total. The van der Waals surface area contributed by atoms with Gasteiger partial charge in [0.15, 0.2) is 0 Å². The van der Waals surface area contributed by atoms with Gasteiger partial charge in [0.1, 0.15) is 17.8 Å². The Kier molecular flexibility index (Phi) is 2.63. The van der Waals surface area contributed by atoms with Crippen LogP contribution >= 0.6 is 0 Å². The third kappa shape index (κ3) is 1.97. The van der Waals surface area contributed by atoms with Gasteiger partial charge in [-0.05, 0) is 17.7 Å². The Bertz CT molecular complexity index is 777. The molecule has 7 heteroatoms. The number of hydrogen-bond donors (Lipinski definition) is 2. The highest BCUT2D eigenvalue weighted by molar-refractivity contribution is 6.00. The Labute approximate surface area is 111 Å². The lowest BCUT2D eigenvalue weighted by atomic mass is 10.0. The first-order chi connectivity index (χ1) is 9.47. The topological polar surface area (TPSA) is 67.6 Å². The normalized spacial score (nSPS) is 11.9. The summed E-state index contributed by atoms with van der Waals surface area (Å²) in [5.41, 5.74) is 6.51. The van der Waals surface area contributed by atoms with E-state index in [-0.39, 0.29) is 5.82 Å². The van der Waals surface area contributed by atoms with Crippen molar-refractivity contribution < 1.29 is 13.2 Å². The molecular weight excluding hydrogens is 269 g/mol. The van der Waals surface area contributed by atoms with Crippen molar-refractivity contribution in [1.29, 1.82) is 0 Å². The molecule has 2 aromatic heterocycles. The fraction of sp³-hybridized carbons (Fsp3) is 0.0769. The monoisotopic (exact) mass is 278 g/mol. The number of H-pyrrole nitrogens is 1. The van der Waals surface area contributed by atoms with Crippen molar-refractivity contribution in [2.45, 2.75) is 6.18 Å². The van der Waals surface area contributed by atoms with Gasteiger partial charge < -0.3 is 10.7 Å². The molecule has 3 N–H and O–H groups in total. The van der Waals surface area contributed by atoms with E-state index in [1.54, 1.807) is 12.3 Å². The lowest BCUT2D eigenvalue weighted by Gasteiger charge is -2.08. The second-order valence-corrected chi connectivity index (χ2v) is 4.26. The maximum atomic E-state index is 12.7. The third-order valence-corrected chi connectivity index (χ3v) is 3.00. The molecule has 0 aliphatic heterocycles. The number of hydrogen-bond acceptors (Lipinski definition) is 3. The second kappa shape index (κ2) is 4.22. The van der Waals surface area contributed by atoms with Gasteiger partial charge >= 0.3 is 6.18 Å². The summed E-state index contributed by atoms with van der Waals surface area (Å²) in [5.74, 6) is 0.226. The molecule has 0 unspecified atom stereocenters. The number of benzene rings is 1. The Balaban J connectivity index is 2.22. The smallest absolute Gasteiger partial charge is 0.383 e. The molecule has 0 atom stereocenters. The van der Waals surface area contributed by atoms with E-state index in [0.717, 1.165) is 12.1 Å². The zero-order chi connectivity index (χ0) is 14.3. The van der Waals surface area contributed by atoms with Crippen LogP contribution in [0.15, 0.2) is 36.8 Å². The van der Waals surface area contributed by atoms with Crippen molar-refractivity contribution in [3.8, 4) is 11.1 Å². The molecule has 0 aliphatic carbocycles. The molecule has 0 bridgehead atoms. The number of halogens is 3. The number of rotatable bonds is 1. The maximum Gasteiger partial charge on any atom is 0.416 e. The van der Waals surface area contributed by atoms with Crippen LogP contribution in [-0.2, 0) is 6.18 Å². The lowest BCUT2D eigenvalue weighted by Crippen LogP contribution is -2.04. The average Bonchev–Trinajstić information content (AvgIpc) is 2.83. The van der Waals surface area contributed by atoms with E-state index in [4.69, 9.17) is 5.73 Å². The van der Waals surface area contributed by atoms with Crippen molar-refractivity contribution in [3.63, 3.8) is 0 Å². The van der Waals surface area contributed by atoms with Gasteiger partial charge in [0.25, 0.3) is 0 Å². The Morgan fingerprint density at radius 1 is 1.15 bits per heavy atom. The molecule has 0 fully saturated rings. The van der Waals surface area contributed by atoms with E-state index in [1.807, 2.05) is 0 Å². The van der Waals surface area contributed by atoms with Crippen molar-refractivity contribution in [2.24, 2.45) is 0 Å². The van der Waals surface area contributed by atoms with Crippen LogP contribution in [0.2, 0.25) is 0 Å². The largest absolute Gasteiger partial charge is 0.416 e. The highest BCUT2D eigenvalue weighted by Gasteiger charge is 2.30. The minimum Gasteiger partial charge on any atom is -0.383 e. The summed E-state index contributed by atoms with van der Waals surface area (Å²) in [6.45, 7) is 0. The van der Waals surface area contributed by atoms with Crippen molar-refractivity contribution >= 4 is 16.9 Å². The van der Waals surface area contributed by atoms with Gasteiger partial charge in [-0.25, -0.2) is 9.97 Å². The first kappa shape index (κ1) is 12.5. The average molecular weight is 278 g/mol. The predicted octanol–water partition coefficient (Wildman–Crippen LogP) is 3.23. The quantitative estimate of drug-likeness (QED) is 0.718. The molecule has 0 aliphatic rings. The number of aromatic amines is 1. The number of aromatic nitrogens is 3. The molecule has 20 heavy (non-hydrogen) atoms. The van der Waals surface area contributed by atoms with Gasteiger partial charge in [0, 0.05) is 11.8 Å². The van der Waals surface area contributed by atoms with Crippen molar-refractivity contribution in [3.05, 3.63) is 42.4 Å². The number of alkyl halides is 3. The van der Waals surface area contributed by atoms with Crippen molar-refractivity contribution in [2.75, 3.05) is 5.73 Å². The van der Waals surface area contributed by atoms with Crippen LogP contribution < -0.4 is 5.73 Å². The number of anilines is 1. The number of nitrogen functional groups attached to an aromatic ring is 1. The minimum atomic E-state index is -4.38. The third-order valence-electron chi connectivity index (χ3n) is 3.00. The van der Waals surface area contributed by atoms with E-state index < -0.39 is 11.7 Å². The summed E-state index contributed by atoms with van der Waals surface area (Å²) in [5, 5.41) is 0.520. The molecule has 0 amide bonds. The zero-order valence-electron chi connectivity index (χ0n) is 10.1. The van der Waals surface area contributed by atoms with Crippen LogP contribution in [0.25, 0.3) is 22.2 Å². The van der Waals surface area contributed by atoms with Gasteiger partial charge in [0.2, 0.25) is 0 Å². The van der Waals surface area contributed by atoms with Gasteiger partial charge in [-0.3, -0.25) is 0 Å². The molecule has 1 aromatic carbocycles. The van der Waals surface area contributed by atoms with E-state index >= 15 is 0 Å². The molecule has 2 heterocycles. The molecule has 3 rings (SSSR count). The van der Waals surface area contributed by atoms with E-state index in [1.165, 1.54) is 12.4 Å². The fourth-order valence-corrected chi connectivity index (χ4v) is 2.08. The number of fused-ring (bicyclic) bond motifs is 1. The molecule has 0 spiro atoms. The molecule has 0 radical (unpaired) electrons. The highest BCUT2D eigenvalue weighted by atomic mass is 19.4. The number of nitrogens with one attached hydrogen (secondary N) is 1. The number of nitrogens with zero attached hydrogens (tertiary/aromatic N) is 2. The first-order valence-corrected chi connectivity index (χ1v) is 5.72. The van der Waals surface area contributed by atoms with Gasteiger partial charge in [0.05, 0.1) is 10.9 Å². The molecule has 0 saturated heterocycles. The molecular formula is C13H9F3N4. The van der Waals surface area contributed by atoms with E-state index in [9.17, 15) is 13.2 Å². The first-order valence-electron chi connectivity index (χ1n) is 5.72.